The van der Waals surface area contributed by atoms with E-state index < -0.39 is 5.60 Å². The van der Waals surface area contributed by atoms with Crippen molar-refractivity contribution < 1.29 is 14.3 Å². The second kappa shape index (κ2) is 9.71. The molecule has 0 aliphatic carbocycles. The molecule has 0 atom stereocenters. The van der Waals surface area contributed by atoms with Crippen LogP contribution in [0.5, 0.6) is 5.75 Å². The lowest BCUT2D eigenvalue weighted by molar-refractivity contribution is 0.0240. The first-order valence-electron chi connectivity index (χ1n) is 10.1. The van der Waals surface area contributed by atoms with Crippen molar-refractivity contribution in [3.8, 4) is 5.75 Å². The highest BCUT2D eigenvalue weighted by Gasteiger charge is 2.26. The smallest absolute Gasteiger partial charge is 0.410 e. The largest absolute Gasteiger partial charge is 0.485 e. The molecule has 0 radical (unpaired) electrons. The minimum atomic E-state index is -0.470. The Morgan fingerprint density at radius 3 is 2.29 bits per heavy atom. The number of hydrogen-bond acceptors (Lipinski definition) is 5. The molecule has 0 unspecified atom stereocenters. The van der Waals surface area contributed by atoms with E-state index in [-0.39, 0.29) is 6.09 Å². The van der Waals surface area contributed by atoms with Gasteiger partial charge >= 0.3 is 6.09 Å². The highest BCUT2D eigenvalue weighted by atomic mass is 16.6. The molecular formula is C22H35N3O3. The van der Waals surface area contributed by atoms with E-state index in [0.717, 1.165) is 43.3 Å². The molecule has 1 fully saturated rings. The maximum Gasteiger partial charge on any atom is 0.410 e. The van der Waals surface area contributed by atoms with Gasteiger partial charge in [0.2, 0.25) is 0 Å². The van der Waals surface area contributed by atoms with E-state index in [1.807, 2.05) is 39.0 Å². The molecular weight excluding hydrogens is 354 g/mol. The van der Waals surface area contributed by atoms with Crippen LogP contribution in [0.15, 0.2) is 36.5 Å². The molecule has 1 heterocycles. The van der Waals surface area contributed by atoms with Crippen LogP contribution in [-0.2, 0) is 4.74 Å². The number of carbonyl (C=O) groups excluding carboxylic acids is 1. The normalized spacial score (nSPS) is 14.6. The Morgan fingerprint density at radius 2 is 1.71 bits per heavy atom. The quantitative estimate of drug-likeness (QED) is 0.706. The van der Waals surface area contributed by atoms with Gasteiger partial charge in [0.1, 0.15) is 18.0 Å². The lowest BCUT2D eigenvalue weighted by Crippen LogP contribution is -2.50. The monoisotopic (exact) mass is 389 g/mol. The number of hydrogen-bond donors (Lipinski definition) is 0. The maximum atomic E-state index is 12.3. The van der Waals surface area contributed by atoms with Gasteiger partial charge in [0.05, 0.1) is 5.69 Å². The Morgan fingerprint density at radius 1 is 1.11 bits per heavy atom. The van der Waals surface area contributed by atoms with Crippen LogP contribution in [0, 0.1) is 0 Å². The summed E-state index contributed by atoms with van der Waals surface area (Å²) in [4.78, 5) is 18.5. The minimum Gasteiger partial charge on any atom is -0.485 e. The number of para-hydroxylation sites is 2. The Hall–Kier alpha value is -2.37. The number of amides is 1. The molecule has 0 spiro atoms. The lowest BCUT2D eigenvalue weighted by atomic mass is 10.2. The molecule has 1 saturated heterocycles. The summed E-state index contributed by atoms with van der Waals surface area (Å²) in [6.07, 6.45) is -0.243. The van der Waals surface area contributed by atoms with Crippen molar-refractivity contribution in [1.82, 2.24) is 9.80 Å². The molecule has 0 aromatic heterocycles. The lowest BCUT2D eigenvalue weighted by Gasteiger charge is -2.37. The third kappa shape index (κ3) is 6.08. The molecule has 1 aliphatic heterocycles. The predicted molar refractivity (Wildman–Crippen MR) is 114 cm³/mol. The number of anilines is 1. The van der Waals surface area contributed by atoms with Gasteiger partial charge in [0.25, 0.3) is 0 Å². The molecule has 6 nitrogen and oxygen atoms in total. The molecule has 156 valence electrons. The fourth-order valence-electron chi connectivity index (χ4n) is 3.22. The van der Waals surface area contributed by atoms with Crippen LogP contribution >= 0.6 is 0 Å². The molecule has 0 saturated carbocycles. The van der Waals surface area contributed by atoms with Crippen LogP contribution in [0.3, 0.4) is 0 Å². The van der Waals surface area contributed by atoms with Gasteiger partial charge in [-0.15, -0.1) is 0 Å². The van der Waals surface area contributed by atoms with Crippen molar-refractivity contribution in [3.63, 3.8) is 0 Å². The molecule has 6 heteroatoms. The fourth-order valence-corrected chi connectivity index (χ4v) is 3.22. The molecule has 1 aromatic carbocycles. The summed E-state index contributed by atoms with van der Waals surface area (Å²) >= 11 is 0. The van der Waals surface area contributed by atoms with Gasteiger partial charge in [-0.2, -0.15) is 0 Å². The van der Waals surface area contributed by atoms with E-state index in [0.29, 0.717) is 19.7 Å². The zero-order valence-electron chi connectivity index (χ0n) is 18.0. The number of likely N-dealkylation sites (N-methyl/N-ethyl adjacent to an activating group) is 1. The van der Waals surface area contributed by atoms with E-state index >= 15 is 0 Å². The molecule has 0 N–H and O–H groups in total. The van der Waals surface area contributed by atoms with Gasteiger partial charge < -0.3 is 24.2 Å². The van der Waals surface area contributed by atoms with Gasteiger partial charge in [-0.1, -0.05) is 18.7 Å². The Labute approximate surface area is 169 Å². The summed E-state index contributed by atoms with van der Waals surface area (Å²) < 4.78 is 11.6. The summed E-state index contributed by atoms with van der Waals surface area (Å²) in [5.74, 6) is 0.849. The van der Waals surface area contributed by atoms with Gasteiger partial charge in [-0.25, -0.2) is 4.79 Å². The molecule has 28 heavy (non-hydrogen) atoms. The van der Waals surface area contributed by atoms with E-state index in [9.17, 15) is 4.79 Å². The Balaban J connectivity index is 1.96. The van der Waals surface area contributed by atoms with E-state index in [1.54, 1.807) is 4.90 Å². The van der Waals surface area contributed by atoms with Gasteiger partial charge in [-0.05, 0) is 46.8 Å². The summed E-state index contributed by atoms with van der Waals surface area (Å²) in [5, 5.41) is 0. The first kappa shape index (κ1) is 21.9. The number of piperazine rings is 1. The summed E-state index contributed by atoms with van der Waals surface area (Å²) in [6, 6.07) is 8.06. The second-order valence-corrected chi connectivity index (χ2v) is 7.95. The summed E-state index contributed by atoms with van der Waals surface area (Å²) in [5.41, 5.74) is 1.57. The van der Waals surface area contributed by atoms with E-state index in [4.69, 9.17) is 9.47 Å². The predicted octanol–water partition coefficient (Wildman–Crippen LogP) is 3.98. The van der Waals surface area contributed by atoms with Gasteiger partial charge in [0.15, 0.2) is 0 Å². The SMILES string of the molecule is C=C(COc1ccccc1N1CCN(C(=O)OC(C)(C)C)CC1)N(CC)CC. The molecule has 2 rings (SSSR count). The fraction of sp³-hybridized carbons (Fsp3) is 0.591. The van der Waals surface area contributed by atoms with E-state index in [1.165, 1.54) is 0 Å². The third-order valence-electron chi connectivity index (χ3n) is 4.74. The number of ether oxygens (including phenoxy) is 2. The molecule has 1 aliphatic rings. The number of rotatable bonds is 7. The molecule has 0 bridgehead atoms. The van der Waals surface area contributed by atoms with Crippen molar-refractivity contribution in [3.05, 3.63) is 36.5 Å². The van der Waals surface area contributed by atoms with Gasteiger partial charge in [0, 0.05) is 45.0 Å². The van der Waals surface area contributed by atoms with Crippen molar-refractivity contribution in [2.75, 3.05) is 50.8 Å². The molecule has 1 amide bonds. The van der Waals surface area contributed by atoms with Crippen LogP contribution in [0.1, 0.15) is 34.6 Å². The Kier molecular flexibility index (Phi) is 7.61. The number of benzene rings is 1. The average molecular weight is 390 g/mol. The van der Waals surface area contributed by atoms with Crippen molar-refractivity contribution >= 4 is 11.8 Å². The summed E-state index contributed by atoms with van der Waals surface area (Å²) in [7, 11) is 0. The third-order valence-corrected chi connectivity index (χ3v) is 4.74. The van der Waals surface area contributed by atoms with E-state index in [2.05, 4.69) is 36.3 Å². The van der Waals surface area contributed by atoms with Gasteiger partial charge in [-0.3, -0.25) is 0 Å². The standard InChI is InChI=1S/C22H35N3O3/c1-7-23(8-2)18(3)17-27-20-12-10-9-11-19(20)24-13-15-25(16-14-24)21(26)28-22(4,5)6/h9-12H,3,7-8,13-17H2,1-2,4-6H3. The maximum absolute atomic E-state index is 12.3. The molecule has 1 aromatic rings. The minimum absolute atomic E-state index is 0.243. The number of nitrogens with zero attached hydrogens (tertiary/aromatic N) is 3. The van der Waals surface area contributed by atoms with Crippen molar-refractivity contribution in [1.29, 1.82) is 0 Å². The number of carbonyl (C=O) groups is 1. The summed E-state index contributed by atoms with van der Waals surface area (Å²) in [6.45, 7) is 19.1. The topological polar surface area (TPSA) is 45.3 Å². The highest BCUT2D eigenvalue weighted by Crippen LogP contribution is 2.29. The van der Waals surface area contributed by atoms with Crippen LogP contribution in [0.2, 0.25) is 0 Å². The zero-order valence-corrected chi connectivity index (χ0v) is 18.0. The first-order valence-corrected chi connectivity index (χ1v) is 10.1. The van der Waals surface area contributed by atoms with Crippen molar-refractivity contribution in [2.24, 2.45) is 0 Å². The van der Waals surface area contributed by atoms with Crippen LogP contribution < -0.4 is 9.64 Å². The highest BCUT2D eigenvalue weighted by molar-refractivity contribution is 5.69. The van der Waals surface area contributed by atoms with Crippen LogP contribution in [0.25, 0.3) is 0 Å². The Bertz CT molecular complexity index is 657. The average Bonchev–Trinajstić information content (AvgIpc) is 2.66. The second-order valence-electron chi connectivity index (χ2n) is 7.95. The van der Waals surface area contributed by atoms with Crippen LogP contribution in [-0.4, -0.2) is 67.4 Å². The van der Waals surface area contributed by atoms with Crippen LogP contribution in [0.4, 0.5) is 10.5 Å². The zero-order chi connectivity index (χ0) is 20.7. The first-order chi connectivity index (χ1) is 13.2. The van der Waals surface area contributed by atoms with Crippen molar-refractivity contribution in [2.45, 2.75) is 40.2 Å².